The number of hydrogen-bond acceptors (Lipinski definition) is 10. The second kappa shape index (κ2) is 12.8. The normalized spacial score (nSPS) is 11.1. The fraction of sp³-hybridized carbons (Fsp3) is 0.200. The van der Waals surface area contributed by atoms with E-state index in [1.807, 2.05) is 0 Å². The molecule has 4 rings (SSSR count). The number of anilines is 1. The van der Waals surface area contributed by atoms with Crippen molar-refractivity contribution in [1.29, 1.82) is 5.41 Å². The average Bonchev–Trinajstić information content (AvgIpc) is 3.32. The van der Waals surface area contributed by atoms with E-state index in [2.05, 4.69) is 25.4 Å². The van der Waals surface area contributed by atoms with E-state index in [9.17, 15) is 9.90 Å². The zero-order valence-corrected chi connectivity index (χ0v) is 21.4. The van der Waals surface area contributed by atoms with Crippen LogP contribution in [0, 0.1) is 5.41 Å². The number of methoxy groups -OCH3 is 2. The second-order valence-electron chi connectivity index (χ2n) is 7.94. The van der Waals surface area contributed by atoms with Crippen LogP contribution < -0.4 is 26.2 Å². The Morgan fingerprint density at radius 2 is 1.82 bits per heavy atom. The molecule has 0 spiro atoms. The lowest BCUT2D eigenvalue weighted by molar-refractivity contribution is -0.134. The number of aliphatic hydroxyl groups is 1. The van der Waals surface area contributed by atoms with Crippen LogP contribution in [0.3, 0.4) is 0 Å². The zero-order valence-electron chi connectivity index (χ0n) is 21.4. The third-order valence-corrected chi connectivity index (χ3v) is 5.24. The van der Waals surface area contributed by atoms with Gasteiger partial charge in [0.25, 0.3) is 11.9 Å². The third-order valence-electron chi connectivity index (χ3n) is 5.24. The summed E-state index contributed by atoms with van der Waals surface area (Å²) in [6.07, 6.45) is 3.02. The van der Waals surface area contributed by atoms with Gasteiger partial charge < -0.3 is 30.7 Å². The number of H-pyrrole nitrogens is 1. The fourth-order valence-electron chi connectivity index (χ4n) is 3.58. The minimum Gasteiger partial charge on any atom is -0.493 e. The molecule has 2 aromatic carbocycles. The van der Waals surface area contributed by atoms with Gasteiger partial charge in [-0.25, -0.2) is 14.8 Å². The van der Waals surface area contributed by atoms with E-state index in [4.69, 9.17) is 30.5 Å². The molecule has 2 heterocycles. The predicted octanol–water partition coefficient (Wildman–Crippen LogP) is 1.44. The average molecular weight is 537 g/mol. The standard InChI is InChI=1S/C23H24N8O4.C2H4O2/c1-34-17-11-14(10-15(12-32)19(17)35-2)18(28-16-6-4-13(5-7-16)20(24)25)21-29-23(33)31(30-21)22-26-8-3-9-27-22;1-2(3)4/h3-11,18,28,32H,12H2,1-2H3,(H3,24,25)(H,29,30,33);1H3,(H,3,4). The molecule has 0 radical (unpaired) electrons. The smallest absolute Gasteiger partial charge is 0.350 e. The number of aliphatic hydroxyl groups excluding tert-OH is 1. The number of hydrogen-bond donors (Lipinski definition) is 6. The van der Waals surface area contributed by atoms with Gasteiger partial charge >= 0.3 is 5.69 Å². The van der Waals surface area contributed by atoms with Crippen molar-refractivity contribution in [1.82, 2.24) is 24.7 Å². The highest BCUT2D eigenvalue weighted by Crippen LogP contribution is 2.36. The zero-order chi connectivity index (χ0) is 28.5. The second-order valence-corrected chi connectivity index (χ2v) is 7.94. The Hall–Kier alpha value is -5.24. The summed E-state index contributed by atoms with van der Waals surface area (Å²) in [6, 6.07) is 11.3. The summed E-state index contributed by atoms with van der Waals surface area (Å²) in [7, 11) is 2.98. The maximum absolute atomic E-state index is 12.7. The van der Waals surface area contributed by atoms with Crippen LogP contribution in [0.5, 0.6) is 11.5 Å². The van der Waals surface area contributed by atoms with Crippen molar-refractivity contribution >= 4 is 17.5 Å². The van der Waals surface area contributed by atoms with Gasteiger partial charge in [0.2, 0.25) is 0 Å². The number of nitrogens with zero attached hydrogens (tertiary/aromatic N) is 4. The highest BCUT2D eigenvalue weighted by atomic mass is 16.5. The van der Waals surface area contributed by atoms with E-state index >= 15 is 0 Å². The monoisotopic (exact) mass is 536 g/mol. The Labute approximate surface area is 222 Å². The molecule has 1 unspecified atom stereocenters. The number of carbonyl (C=O) groups is 1. The summed E-state index contributed by atoms with van der Waals surface area (Å²) in [5.41, 5.74) is 7.41. The number of benzene rings is 2. The molecule has 0 fully saturated rings. The highest BCUT2D eigenvalue weighted by molar-refractivity contribution is 5.95. The quantitative estimate of drug-likeness (QED) is 0.133. The third kappa shape index (κ3) is 6.95. The Morgan fingerprint density at radius 1 is 1.18 bits per heavy atom. The first-order valence-corrected chi connectivity index (χ1v) is 11.4. The molecule has 2 aromatic heterocycles. The molecule has 39 heavy (non-hydrogen) atoms. The van der Waals surface area contributed by atoms with Crippen molar-refractivity contribution in [2.45, 2.75) is 19.6 Å². The van der Waals surface area contributed by atoms with Crippen LogP contribution in [0.4, 0.5) is 5.69 Å². The Morgan fingerprint density at radius 3 is 2.36 bits per heavy atom. The molecule has 7 N–H and O–H groups in total. The summed E-state index contributed by atoms with van der Waals surface area (Å²) in [4.78, 5) is 32.7. The molecule has 1 atom stereocenters. The first-order chi connectivity index (χ1) is 18.7. The Kier molecular flexibility index (Phi) is 9.32. The van der Waals surface area contributed by atoms with Crippen LogP contribution in [-0.2, 0) is 11.4 Å². The topological polar surface area (TPSA) is 214 Å². The molecule has 4 aromatic rings. The van der Waals surface area contributed by atoms with Crippen molar-refractivity contribution in [3.05, 3.63) is 87.9 Å². The van der Waals surface area contributed by atoms with Gasteiger partial charge in [-0.15, -0.1) is 9.78 Å². The van der Waals surface area contributed by atoms with E-state index in [1.165, 1.54) is 26.6 Å². The van der Waals surface area contributed by atoms with Gasteiger partial charge in [0.1, 0.15) is 11.9 Å². The van der Waals surface area contributed by atoms with Gasteiger partial charge in [0.15, 0.2) is 17.3 Å². The number of nitrogens with one attached hydrogen (secondary N) is 3. The van der Waals surface area contributed by atoms with Gasteiger partial charge in [0, 0.05) is 36.1 Å². The Balaban J connectivity index is 0.000000983. The molecule has 14 heteroatoms. The first kappa shape index (κ1) is 28.3. The van der Waals surface area contributed by atoms with Crippen LogP contribution >= 0.6 is 0 Å². The predicted molar refractivity (Wildman–Crippen MR) is 141 cm³/mol. The lowest BCUT2D eigenvalue weighted by atomic mass is 10.0. The molecule has 0 aliphatic carbocycles. The SMILES string of the molecule is CC(=O)O.COc1cc(C(Nc2ccc(C(=N)N)cc2)c2nn(-c3ncccn3)c(=O)[nH]2)cc(CO)c1OC. The molecular formula is C25H28N8O6. The lowest BCUT2D eigenvalue weighted by Gasteiger charge is -2.21. The van der Waals surface area contributed by atoms with Crippen LogP contribution in [0.15, 0.2) is 59.7 Å². The number of carboxylic acid groups (broad SMARTS) is 1. The maximum Gasteiger partial charge on any atom is 0.350 e. The van der Waals surface area contributed by atoms with Crippen LogP contribution in [0.2, 0.25) is 0 Å². The van der Waals surface area contributed by atoms with Gasteiger partial charge in [-0.05, 0) is 48.0 Å². The number of nitrogens with two attached hydrogens (primary N) is 1. The molecule has 204 valence electrons. The molecule has 0 saturated carbocycles. The summed E-state index contributed by atoms with van der Waals surface area (Å²) < 4.78 is 11.9. The number of aromatic amines is 1. The highest BCUT2D eigenvalue weighted by Gasteiger charge is 2.24. The molecular weight excluding hydrogens is 508 g/mol. The first-order valence-electron chi connectivity index (χ1n) is 11.4. The minimum atomic E-state index is -0.833. The van der Waals surface area contributed by atoms with E-state index in [-0.39, 0.29) is 24.2 Å². The minimum absolute atomic E-state index is 0.0495. The van der Waals surface area contributed by atoms with Gasteiger partial charge in [-0.3, -0.25) is 15.2 Å². The van der Waals surface area contributed by atoms with E-state index in [1.54, 1.807) is 42.5 Å². The molecule has 0 aliphatic rings. The van der Waals surface area contributed by atoms with Crippen molar-refractivity contribution in [2.24, 2.45) is 5.73 Å². The number of ether oxygens (including phenoxy) is 2. The summed E-state index contributed by atoms with van der Waals surface area (Å²) >= 11 is 0. The van der Waals surface area contributed by atoms with Gasteiger partial charge in [-0.1, -0.05) is 0 Å². The van der Waals surface area contributed by atoms with Gasteiger partial charge in [0.05, 0.1) is 20.8 Å². The largest absolute Gasteiger partial charge is 0.493 e. The van der Waals surface area contributed by atoms with Crippen molar-refractivity contribution in [2.75, 3.05) is 19.5 Å². The number of carboxylic acids is 1. The van der Waals surface area contributed by atoms with E-state index in [0.717, 1.165) is 11.6 Å². The van der Waals surface area contributed by atoms with Crippen LogP contribution in [-0.4, -0.2) is 61.0 Å². The molecule has 0 saturated heterocycles. The molecule has 0 bridgehead atoms. The number of amidine groups is 1. The number of nitrogen functional groups attached to an aromatic ring is 1. The summed E-state index contributed by atoms with van der Waals surface area (Å²) in [6.45, 7) is 0.788. The number of aliphatic carboxylic acids is 1. The fourth-order valence-corrected chi connectivity index (χ4v) is 3.58. The van der Waals surface area contributed by atoms with E-state index in [0.29, 0.717) is 33.9 Å². The van der Waals surface area contributed by atoms with Crippen LogP contribution in [0.25, 0.3) is 5.95 Å². The molecule has 0 amide bonds. The lowest BCUT2D eigenvalue weighted by Crippen LogP contribution is -2.18. The Bertz CT molecular complexity index is 1460. The van der Waals surface area contributed by atoms with Crippen molar-refractivity contribution < 1.29 is 24.5 Å². The molecule has 14 nitrogen and oxygen atoms in total. The molecule has 0 aliphatic heterocycles. The van der Waals surface area contributed by atoms with Crippen LogP contribution in [0.1, 0.15) is 35.5 Å². The van der Waals surface area contributed by atoms with Crippen molar-refractivity contribution in [3.63, 3.8) is 0 Å². The van der Waals surface area contributed by atoms with Crippen molar-refractivity contribution in [3.8, 4) is 17.4 Å². The maximum atomic E-state index is 12.7. The summed E-state index contributed by atoms with van der Waals surface area (Å²) in [5.74, 6) is 0.314. The number of aromatic nitrogens is 5. The summed E-state index contributed by atoms with van der Waals surface area (Å²) in [5, 5.41) is 32.7. The number of rotatable bonds is 9. The van der Waals surface area contributed by atoms with Gasteiger partial charge in [-0.2, -0.15) is 0 Å². The van der Waals surface area contributed by atoms with E-state index < -0.39 is 17.7 Å².